The van der Waals surface area contributed by atoms with Crippen molar-refractivity contribution in [1.29, 1.82) is 0 Å². The Morgan fingerprint density at radius 2 is 1.75 bits per heavy atom. The fourth-order valence-corrected chi connectivity index (χ4v) is 3.38. The van der Waals surface area contributed by atoms with Crippen LogP contribution in [0.15, 0.2) is 79.3 Å². The fraction of sp³-hybridized carbons (Fsp3) is 0.0909. The van der Waals surface area contributed by atoms with Gasteiger partial charge in [0, 0.05) is 41.8 Å². The van der Waals surface area contributed by atoms with E-state index in [1.807, 2.05) is 73.1 Å². The van der Waals surface area contributed by atoms with E-state index in [9.17, 15) is 4.79 Å². The molecule has 0 atom stereocenters. The fourth-order valence-electron chi connectivity index (χ4n) is 3.38. The minimum atomic E-state index is -0.00808. The molecule has 6 heteroatoms. The molecule has 3 heterocycles. The number of carbonyl (C=O) groups is 1. The highest BCUT2D eigenvalue weighted by molar-refractivity contribution is 5.94. The summed E-state index contributed by atoms with van der Waals surface area (Å²) < 4.78 is 1.76. The molecule has 0 N–H and O–H groups in total. The highest BCUT2D eigenvalue weighted by atomic mass is 16.2. The summed E-state index contributed by atoms with van der Waals surface area (Å²) in [7, 11) is 0. The highest BCUT2D eigenvalue weighted by Crippen LogP contribution is 2.25. The Balaban J connectivity index is 1.35. The Labute approximate surface area is 162 Å². The molecular weight excluding hydrogens is 350 g/mol. The number of fused-ring (bicyclic) bond motifs is 1. The van der Waals surface area contributed by atoms with E-state index in [4.69, 9.17) is 0 Å². The molecule has 1 aliphatic rings. The van der Waals surface area contributed by atoms with Crippen LogP contribution in [-0.2, 0) is 13.1 Å². The summed E-state index contributed by atoms with van der Waals surface area (Å²) in [5.41, 5.74) is 4.46. The lowest BCUT2D eigenvalue weighted by atomic mass is 10.2. The van der Waals surface area contributed by atoms with E-state index in [1.165, 1.54) is 0 Å². The van der Waals surface area contributed by atoms with Crippen molar-refractivity contribution < 1.29 is 4.79 Å². The van der Waals surface area contributed by atoms with E-state index in [2.05, 4.69) is 15.1 Å². The van der Waals surface area contributed by atoms with Crippen molar-refractivity contribution in [2.45, 2.75) is 13.1 Å². The Hall–Kier alpha value is -3.80. The number of aromatic nitrogens is 4. The first kappa shape index (κ1) is 16.4. The summed E-state index contributed by atoms with van der Waals surface area (Å²) in [4.78, 5) is 23.9. The van der Waals surface area contributed by atoms with Crippen LogP contribution in [0.4, 0.5) is 0 Å². The minimum Gasteiger partial charge on any atom is -0.328 e. The number of hydrogen-bond acceptors (Lipinski definition) is 4. The van der Waals surface area contributed by atoms with E-state index in [1.54, 1.807) is 15.8 Å². The predicted octanol–water partition coefficient (Wildman–Crippen LogP) is 3.49. The average molecular weight is 367 g/mol. The van der Waals surface area contributed by atoms with Gasteiger partial charge in [0.15, 0.2) is 5.82 Å². The van der Waals surface area contributed by atoms with Crippen LogP contribution in [0.3, 0.4) is 0 Å². The van der Waals surface area contributed by atoms with E-state index >= 15 is 0 Å². The largest absolute Gasteiger partial charge is 0.328 e. The molecule has 0 aliphatic carbocycles. The quantitative estimate of drug-likeness (QED) is 0.556. The Kier molecular flexibility index (Phi) is 3.94. The van der Waals surface area contributed by atoms with Gasteiger partial charge in [-0.2, -0.15) is 5.10 Å². The maximum Gasteiger partial charge on any atom is 0.254 e. The maximum atomic E-state index is 12.9. The molecule has 28 heavy (non-hydrogen) atoms. The van der Waals surface area contributed by atoms with Crippen LogP contribution in [-0.4, -0.2) is 30.6 Å². The third-order valence-electron chi connectivity index (χ3n) is 4.86. The monoisotopic (exact) mass is 367 g/mol. The molecule has 1 amide bonds. The van der Waals surface area contributed by atoms with Crippen LogP contribution in [0.5, 0.6) is 0 Å². The van der Waals surface area contributed by atoms with Crippen LogP contribution < -0.4 is 0 Å². The SMILES string of the molecule is O=C(c1ccc(-n2cccn2)cc1)N1Cc2cnc(-c3ccccc3)nc2C1. The van der Waals surface area contributed by atoms with Crippen LogP contribution in [0, 0.1) is 0 Å². The average Bonchev–Trinajstić information content (AvgIpc) is 3.43. The van der Waals surface area contributed by atoms with Crippen LogP contribution >= 0.6 is 0 Å². The predicted molar refractivity (Wildman–Crippen MR) is 105 cm³/mol. The third-order valence-corrected chi connectivity index (χ3v) is 4.86. The molecule has 0 spiro atoms. The second-order valence-electron chi connectivity index (χ2n) is 6.69. The second-order valence-corrected chi connectivity index (χ2v) is 6.69. The normalized spacial score (nSPS) is 12.8. The van der Waals surface area contributed by atoms with Crippen molar-refractivity contribution in [2.75, 3.05) is 0 Å². The molecule has 0 saturated heterocycles. The van der Waals surface area contributed by atoms with Gasteiger partial charge in [-0.15, -0.1) is 0 Å². The minimum absolute atomic E-state index is 0.00808. The van der Waals surface area contributed by atoms with E-state index in [-0.39, 0.29) is 5.91 Å². The lowest BCUT2D eigenvalue weighted by Crippen LogP contribution is -2.25. The lowest BCUT2D eigenvalue weighted by molar-refractivity contribution is 0.0750. The molecule has 2 aromatic heterocycles. The first-order valence-electron chi connectivity index (χ1n) is 9.07. The molecule has 2 aromatic carbocycles. The van der Waals surface area contributed by atoms with Crippen molar-refractivity contribution in [2.24, 2.45) is 0 Å². The third kappa shape index (κ3) is 2.95. The topological polar surface area (TPSA) is 63.9 Å². The van der Waals surface area contributed by atoms with Crippen molar-refractivity contribution in [1.82, 2.24) is 24.6 Å². The number of nitrogens with zero attached hydrogens (tertiary/aromatic N) is 5. The smallest absolute Gasteiger partial charge is 0.254 e. The molecule has 4 aromatic rings. The summed E-state index contributed by atoms with van der Waals surface area (Å²) in [5, 5.41) is 4.20. The molecule has 0 unspecified atom stereocenters. The first-order valence-corrected chi connectivity index (χ1v) is 9.07. The van der Waals surface area contributed by atoms with Crippen LogP contribution in [0.25, 0.3) is 17.1 Å². The second kappa shape index (κ2) is 6.74. The number of amides is 1. The van der Waals surface area contributed by atoms with Gasteiger partial charge in [-0.05, 0) is 30.3 Å². The van der Waals surface area contributed by atoms with Crippen LogP contribution in [0.1, 0.15) is 21.6 Å². The van der Waals surface area contributed by atoms with Crippen molar-refractivity contribution >= 4 is 5.91 Å². The Morgan fingerprint density at radius 1 is 0.929 bits per heavy atom. The summed E-state index contributed by atoms with van der Waals surface area (Å²) in [6.07, 6.45) is 5.43. The Bertz CT molecular complexity index is 1120. The van der Waals surface area contributed by atoms with Gasteiger partial charge in [-0.1, -0.05) is 30.3 Å². The Morgan fingerprint density at radius 3 is 2.50 bits per heavy atom. The molecule has 0 fully saturated rings. The zero-order valence-electron chi connectivity index (χ0n) is 15.1. The van der Waals surface area contributed by atoms with Gasteiger partial charge < -0.3 is 4.90 Å². The number of rotatable bonds is 3. The molecule has 0 bridgehead atoms. The molecular formula is C22H17N5O. The highest BCUT2D eigenvalue weighted by Gasteiger charge is 2.26. The first-order chi connectivity index (χ1) is 13.8. The molecule has 0 radical (unpaired) electrons. The standard InChI is InChI=1S/C22H17N5O/c28-22(17-7-9-19(10-8-17)27-12-4-11-24-27)26-14-18-13-23-21(25-20(18)15-26)16-5-2-1-3-6-16/h1-13H,14-15H2. The van der Waals surface area contributed by atoms with Crippen molar-refractivity contribution in [3.8, 4) is 17.1 Å². The van der Waals surface area contributed by atoms with Gasteiger partial charge in [0.25, 0.3) is 5.91 Å². The van der Waals surface area contributed by atoms with Gasteiger partial charge in [0.2, 0.25) is 0 Å². The van der Waals surface area contributed by atoms with E-state index < -0.39 is 0 Å². The zero-order chi connectivity index (χ0) is 18.9. The maximum absolute atomic E-state index is 12.9. The summed E-state index contributed by atoms with van der Waals surface area (Å²) in [6.45, 7) is 1.03. The molecule has 5 rings (SSSR count). The summed E-state index contributed by atoms with van der Waals surface area (Å²) >= 11 is 0. The molecule has 1 aliphatic heterocycles. The van der Waals surface area contributed by atoms with Gasteiger partial charge in [0.05, 0.1) is 17.9 Å². The summed E-state index contributed by atoms with van der Waals surface area (Å²) in [6, 6.07) is 19.2. The molecule has 136 valence electrons. The van der Waals surface area contributed by atoms with Gasteiger partial charge in [-0.3, -0.25) is 4.79 Å². The van der Waals surface area contributed by atoms with Gasteiger partial charge in [-0.25, -0.2) is 14.6 Å². The number of carbonyl (C=O) groups excluding carboxylic acids is 1. The van der Waals surface area contributed by atoms with Gasteiger partial charge in [0.1, 0.15) is 0 Å². The van der Waals surface area contributed by atoms with Crippen molar-refractivity contribution in [3.05, 3.63) is 96.1 Å². The lowest BCUT2D eigenvalue weighted by Gasteiger charge is -2.15. The number of hydrogen-bond donors (Lipinski definition) is 0. The van der Waals surface area contributed by atoms with Crippen molar-refractivity contribution in [3.63, 3.8) is 0 Å². The van der Waals surface area contributed by atoms with Gasteiger partial charge >= 0.3 is 0 Å². The molecule has 6 nitrogen and oxygen atoms in total. The van der Waals surface area contributed by atoms with E-state index in [0.29, 0.717) is 24.5 Å². The zero-order valence-corrected chi connectivity index (χ0v) is 15.1. The molecule has 0 saturated carbocycles. The summed E-state index contributed by atoms with van der Waals surface area (Å²) in [5.74, 6) is 0.684. The van der Waals surface area contributed by atoms with Crippen LogP contribution in [0.2, 0.25) is 0 Å². The number of benzene rings is 2. The van der Waals surface area contributed by atoms with E-state index in [0.717, 1.165) is 22.5 Å².